The van der Waals surface area contributed by atoms with Crippen molar-refractivity contribution in [3.05, 3.63) is 34.4 Å². The van der Waals surface area contributed by atoms with Crippen LogP contribution < -0.4 is 5.32 Å². The zero-order valence-electron chi connectivity index (χ0n) is 18.8. The fraction of sp³-hybridized carbons (Fsp3) is 0.520. The van der Waals surface area contributed by atoms with Gasteiger partial charge in [-0.15, -0.1) is 5.92 Å². The molecule has 1 saturated heterocycles. The van der Waals surface area contributed by atoms with Gasteiger partial charge in [0.25, 0.3) is 0 Å². The molecule has 6 nitrogen and oxygen atoms in total. The molecule has 2 fully saturated rings. The molecule has 2 aliphatic rings. The number of hydrogen-bond donors (Lipinski definition) is 1. The molecule has 0 atom stereocenters. The summed E-state index contributed by atoms with van der Waals surface area (Å²) >= 11 is 0. The molecule has 3 rings (SSSR count). The first-order valence-corrected chi connectivity index (χ1v) is 10.9. The number of aryl methyl sites for hydroxylation is 2. The maximum absolute atomic E-state index is 13.2. The average Bonchev–Trinajstić information content (AvgIpc) is 2.70. The van der Waals surface area contributed by atoms with Gasteiger partial charge < -0.3 is 4.90 Å². The Morgan fingerprint density at radius 3 is 2.13 bits per heavy atom. The first-order chi connectivity index (χ1) is 14.7. The number of Topliss-reactive ketones (excluding diaryl/α,β-unsaturated/α-hetero) is 2. The van der Waals surface area contributed by atoms with Gasteiger partial charge in [-0.1, -0.05) is 12.8 Å². The molecule has 1 N–H and O–H groups in total. The van der Waals surface area contributed by atoms with E-state index in [-0.39, 0.29) is 29.3 Å². The molecule has 0 aromatic heterocycles. The topological polar surface area (TPSA) is 83.6 Å². The highest BCUT2D eigenvalue weighted by Gasteiger charge is 2.47. The Morgan fingerprint density at radius 1 is 1.10 bits per heavy atom. The lowest BCUT2D eigenvalue weighted by molar-refractivity contribution is -0.138. The summed E-state index contributed by atoms with van der Waals surface area (Å²) in [4.78, 5) is 51.7. The van der Waals surface area contributed by atoms with Gasteiger partial charge in [0.05, 0.1) is 0 Å². The number of nitrogens with zero attached hydrogens (tertiary/aromatic N) is 1. The van der Waals surface area contributed by atoms with E-state index in [0.29, 0.717) is 38.8 Å². The Balaban J connectivity index is 1.74. The highest BCUT2D eigenvalue weighted by atomic mass is 16.2. The molecule has 0 unspecified atom stereocenters. The summed E-state index contributed by atoms with van der Waals surface area (Å²) in [5.41, 5.74) is 3.17. The van der Waals surface area contributed by atoms with E-state index in [1.165, 1.54) is 0 Å². The van der Waals surface area contributed by atoms with E-state index in [4.69, 9.17) is 0 Å². The summed E-state index contributed by atoms with van der Waals surface area (Å²) in [5, 5.41) is 2.37. The van der Waals surface area contributed by atoms with Crippen LogP contribution in [0.25, 0.3) is 0 Å². The van der Waals surface area contributed by atoms with Crippen molar-refractivity contribution in [2.24, 2.45) is 5.41 Å². The number of rotatable bonds is 2. The van der Waals surface area contributed by atoms with Crippen molar-refractivity contribution < 1.29 is 19.2 Å². The van der Waals surface area contributed by atoms with Crippen molar-refractivity contribution in [2.45, 2.75) is 65.7 Å². The van der Waals surface area contributed by atoms with Crippen LogP contribution >= 0.6 is 0 Å². The van der Waals surface area contributed by atoms with Crippen LogP contribution in [-0.4, -0.2) is 41.5 Å². The summed E-state index contributed by atoms with van der Waals surface area (Å²) in [6.07, 6.45) is 2.13. The molecule has 0 radical (unpaired) electrons. The molecule has 31 heavy (non-hydrogen) atoms. The molecular formula is C25H30N2O4. The summed E-state index contributed by atoms with van der Waals surface area (Å²) in [7, 11) is 0. The van der Waals surface area contributed by atoms with E-state index >= 15 is 0 Å². The summed E-state index contributed by atoms with van der Waals surface area (Å²) in [6, 6.07) is 3.49. The first-order valence-electron chi connectivity index (χ1n) is 10.9. The lowest BCUT2D eigenvalue weighted by atomic mass is 9.62. The highest BCUT2D eigenvalue weighted by Crippen LogP contribution is 2.46. The Hall–Kier alpha value is -2.94. The number of nitrogens with one attached hydrogen (secondary N) is 1. The average molecular weight is 423 g/mol. The van der Waals surface area contributed by atoms with E-state index in [1.807, 2.05) is 26.0 Å². The Kier molecular flexibility index (Phi) is 6.64. The van der Waals surface area contributed by atoms with Gasteiger partial charge in [0.1, 0.15) is 17.5 Å². The van der Waals surface area contributed by atoms with E-state index in [2.05, 4.69) is 17.2 Å². The number of hydrogen-bond acceptors (Lipinski definition) is 4. The number of likely N-dealkylation sites (tertiary alicyclic amines) is 1. The van der Waals surface area contributed by atoms with Crippen LogP contribution in [0.5, 0.6) is 0 Å². The molecule has 1 aromatic rings. The van der Waals surface area contributed by atoms with Gasteiger partial charge in [-0.2, -0.15) is 0 Å². The number of imide groups is 1. The third kappa shape index (κ3) is 4.71. The third-order valence-electron chi connectivity index (χ3n) is 6.57. The normalized spacial score (nSPS) is 18.5. The summed E-state index contributed by atoms with van der Waals surface area (Å²) < 4.78 is 0. The van der Waals surface area contributed by atoms with Gasteiger partial charge in [-0.25, -0.2) is 4.79 Å². The van der Waals surface area contributed by atoms with Crippen molar-refractivity contribution >= 4 is 23.5 Å². The maximum atomic E-state index is 13.2. The zero-order chi connectivity index (χ0) is 22.8. The number of benzene rings is 1. The molecule has 1 spiro atoms. The van der Waals surface area contributed by atoms with Crippen LogP contribution in [0.2, 0.25) is 0 Å². The quantitative estimate of drug-likeness (QED) is 0.585. The third-order valence-corrected chi connectivity index (χ3v) is 6.57. The Labute approximate surface area is 183 Å². The first kappa shape index (κ1) is 22.7. The second-order valence-electron chi connectivity index (χ2n) is 8.81. The molecule has 3 amide bonds. The van der Waals surface area contributed by atoms with Gasteiger partial charge in [0.15, 0.2) is 0 Å². The van der Waals surface area contributed by atoms with Gasteiger partial charge in [0, 0.05) is 37.9 Å². The van der Waals surface area contributed by atoms with Crippen molar-refractivity contribution in [3.8, 4) is 11.8 Å². The summed E-state index contributed by atoms with van der Waals surface area (Å²) in [5.74, 6) is 4.84. The smallest absolute Gasteiger partial charge is 0.324 e. The lowest BCUT2D eigenvalue weighted by Crippen LogP contribution is -2.51. The fourth-order valence-corrected chi connectivity index (χ4v) is 4.98. The SMILES string of the molecule is CC#Cc1cc(C)c(C2C(=O)CC3(CCN(C(=O)NC(=O)CC)CC3)CC2=O)c(C)c1. The van der Waals surface area contributed by atoms with E-state index in [9.17, 15) is 19.2 Å². The number of urea groups is 1. The molecule has 164 valence electrons. The second kappa shape index (κ2) is 9.05. The largest absolute Gasteiger partial charge is 0.324 e. The molecule has 1 saturated carbocycles. The number of piperidine rings is 1. The Bertz CT molecular complexity index is 948. The minimum Gasteiger partial charge on any atom is -0.324 e. The predicted octanol–water partition coefficient (Wildman–Crippen LogP) is 3.42. The molecular weight excluding hydrogens is 392 g/mol. The maximum Gasteiger partial charge on any atom is 0.324 e. The van der Waals surface area contributed by atoms with Crippen molar-refractivity contribution in [3.63, 3.8) is 0 Å². The second-order valence-corrected chi connectivity index (χ2v) is 8.81. The predicted molar refractivity (Wildman–Crippen MR) is 118 cm³/mol. The fourth-order valence-electron chi connectivity index (χ4n) is 4.98. The molecule has 0 bridgehead atoms. The molecule has 1 aliphatic carbocycles. The van der Waals surface area contributed by atoms with Crippen LogP contribution in [0.3, 0.4) is 0 Å². The monoisotopic (exact) mass is 422 g/mol. The molecule has 6 heteroatoms. The highest BCUT2D eigenvalue weighted by molar-refractivity contribution is 6.10. The van der Waals surface area contributed by atoms with Crippen molar-refractivity contribution in [2.75, 3.05) is 13.1 Å². The number of carbonyl (C=O) groups is 4. The van der Waals surface area contributed by atoms with E-state index in [0.717, 1.165) is 22.3 Å². The van der Waals surface area contributed by atoms with Gasteiger partial charge in [0.2, 0.25) is 5.91 Å². The van der Waals surface area contributed by atoms with Crippen molar-refractivity contribution in [1.29, 1.82) is 0 Å². The van der Waals surface area contributed by atoms with Gasteiger partial charge in [-0.3, -0.25) is 19.7 Å². The van der Waals surface area contributed by atoms with Crippen LogP contribution in [0.1, 0.15) is 74.1 Å². The van der Waals surface area contributed by atoms with Crippen LogP contribution in [-0.2, 0) is 14.4 Å². The summed E-state index contributed by atoms with van der Waals surface area (Å²) in [6.45, 7) is 8.22. The molecule has 1 heterocycles. The Morgan fingerprint density at radius 2 is 1.65 bits per heavy atom. The van der Waals surface area contributed by atoms with E-state index < -0.39 is 11.9 Å². The van der Waals surface area contributed by atoms with Crippen LogP contribution in [0.4, 0.5) is 4.79 Å². The minimum absolute atomic E-state index is 0.0316. The number of ketones is 2. The number of amides is 3. The van der Waals surface area contributed by atoms with Crippen LogP contribution in [0, 0.1) is 31.1 Å². The zero-order valence-corrected chi connectivity index (χ0v) is 18.8. The standard InChI is InChI=1S/C25H30N2O4/c1-5-7-18-12-16(3)22(17(4)13-18)23-19(28)14-25(15-20(23)29)8-10-27(11-9-25)24(31)26-21(30)6-2/h12-13,23H,6,8-11,14-15H2,1-4H3,(H,26,30,31). The molecule has 1 aromatic carbocycles. The minimum atomic E-state index is -0.710. The van der Waals surface area contributed by atoms with Gasteiger partial charge in [-0.05, 0) is 67.9 Å². The molecule has 1 aliphatic heterocycles. The van der Waals surface area contributed by atoms with Gasteiger partial charge >= 0.3 is 6.03 Å². The number of carbonyl (C=O) groups excluding carboxylic acids is 4. The van der Waals surface area contributed by atoms with Crippen molar-refractivity contribution in [1.82, 2.24) is 10.2 Å². The van der Waals surface area contributed by atoms with E-state index in [1.54, 1.807) is 18.7 Å². The lowest BCUT2D eigenvalue weighted by Gasteiger charge is -2.44. The van der Waals surface area contributed by atoms with Crippen LogP contribution in [0.15, 0.2) is 12.1 Å².